The predicted octanol–water partition coefficient (Wildman–Crippen LogP) is 2.98. The van der Waals surface area contributed by atoms with Gasteiger partial charge in [-0.05, 0) is 29.8 Å². The van der Waals surface area contributed by atoms with Crippen molar-refractivity contribution < 1.29 is 23.4 Å². The molecule has 0 saturated carbocycles. The number of carbonyl (C=O) groups is 1. The zero-order valence-electron chi connectivity index (χ0n) is 16.3. The van der Waals surface area contributed by atoms with Gasteiger partial charge >= 0.3 is 5.76 Å². The van der Waals surface area contributed by atoms with E-state index in [0.29, 0.717) is 33.4 Å². The first kappa shape index (κ1) is 20.6. The fraction of sp³-hybridized carbons (Fsp3) is 0.300. The van der Waals surface area contributed by atoms with Gasteiger partial charge in [0.1, 0.15) is 0 Å². The Morgan fingerprint density at radius 2 is 1.79 bits per heavy atom. The molecule has 0 aliphatic heterocycles. The van der Waals surface area contributed by atoms with Gasteiger partial charge in [-0.2, -0.15) is 0 Å². The van der Waals surface area contributed by atoms with Crippen LogP contribution in [0.3, 0.4) is 0 Å². The molecule has 0 bridgehead atoms. The highest BCUT2D eigenvalue weighted by Gasteiger charge is 2.14. The Balaban J connectivity index is 1.65. The van der Waals surface area contributed by atoms with Gasteiger partial charge in [0.05, 0.1) is 26.8 Å². The minimum absolute atomic E-state index is 0.113. The highest BCUT2D eigenvalue weighted by Crippen LogP contribution is 2.38. The first-order valence-corrected chi connectivity index (χ1v) is 9.19. The molecule has 1 heterocycles. The molecule has 0 aliphatic rings. The number of hydrogen-bond acceptors (Lipinski definition) is 6. The molecule has 0 unspecified atom stereocenters. The Bertz CT molecular complexity index is 1060. The molecule has 0 spiro atoms. The quantitative estimate of drug-likeness (QED) is 0.602. The molecular weight excluding hydrogens is 400 g/mol. The van der Waals surface area contributed by atoms with Crippen molar-refractivity contribution in [3.8, 4) is 17.2 Å². The topological polar surface area (TPSA) is 91.9 Å². The van der Waals surface area contributed by atoms with E-state index in [-0.39, 0.29) is 25.4 Å². The predicted molar refractivity (Wildman–Crippen MR) is 108 cm³/mol. The molecular formula is C20H21ClN2O6. The maximum absolute atomic E-state index is 12.3. The molecule has 29 heavy (non-hydrogen) atoms. The lowest BCUT2D eigenvalue weighted by atomic mass is 10.1. The Morgan fingerprint density at radius 3 is 2.41 bits per heavy atom. The van der Waals surface area contributed by atoms with Crippen molar-refractivity contribution in [1.29, 1.82) is 0 Å². The van der Waals surface area contributed by atoms with E-state index in [1.807, 2.05) is 0 Å². The summed E-state index contributed by atoms with van der Waals surface area (Å²) in [5, 5.41) is 3.29. The van der Waals surface area contributed by atoms with Crippen LogP contribution in [0.1, 0.15) is 12.0 Å². The second-order valence-electron chi connectivity index (χ2n) is 6.19. The number of amides is 1. The minimum atomic E-state index is -0.528. The molecule has 1 aromatic heterocycles. The summed E-state index contributed by atoms with van der Waals surface area (Å²) < 4.78 is 22.5. The third kappa shape index (κ3) is 4.48. The number of ether oxygens (including phenoxy) is 3. The van der Waals surface area contributed by atoms with Crippen molar-refractivity contribution in [2.75, 3.05) is 21.3 Å². The summed E-state index contributed by atoms with van der Waals surface area (Å²) in [7, 11) is 4.58. The first-order chi connectivity index (χ1) is 14.0. The van der Waals surface area contributed by atoms with Crippen LogP contribution in [-0.4, -0.2) is 31.8 Å². The molecule has 0 atom stereocenters. The summed E-state index contributed by atoms with van der Waals surface area (Å²) in [6.45, 7) is 0.459. The highest BCUT2D eigenvalue weighted by atomic mass is 35.5. The fourth-order valence-corrected chi connectivity index (χ4v) is 3.15. The zero-order valence-corrected chi connectivity index (χ0v) is 17.0. The molecule has 0 fully saturated rings. The van der Waals surface area contributed by atoms with E-state index in [2.05, 4.69) is 5.32 Å². The molecule has 8 nitrogen and oxygen atoms in total. The molecule has 154 valence electrons. The lowest BCUT2D eigenvalue weighted by molar-refractivity contribution is -0.121. The van der Waals surface area contributed by atoms with Crippen LogP contribution in [0.2, 0.25) is 5.02 Å². The van der Waals surface area contributed by atoms with E-state index in [0.717, 1.165) is 5.56 Å². The van der Waals surface area contributed by atoms with Gasteiger partial charge in [0.25, 0.3) is 0 Å². The number of aromatic nitrogens is 1. The van der Waals surface area contributed by atoms with Crippen LogP contribution in [0.5, 0.6) is 17.2 Å². The number of oxazole rings is 1. The molecule has 1 N–H and O–H groups in total. The molecule has 9 heteroatoms. The number of benzene rings is 2. The van der Waals surface area contributed by atoms with E-state index in [9.17, 15) is 9.59 Å². The molecule has 0 radical (unpaired) electrons. The number of halogens is 1. The van der Waals surface area contributed by atoms with Crippen molar-refractivity contribution in [2.24, 2.45) is 0 Å². The molecule has 3 rings (SSSR count). The lowest BCUT2D eigenvalue weighted by Gasteiger charge is -2.14. The highest BCUT2D eigenvalue weighted by molar-refractivity contribution is 6.31. The standard InChI is InChI=1S/C20H21ClN2O6/c1-26-16-8-12(9-17(27-2)19(16)28-3)11-22-18(24)6-7-23-14-5-4-13(21)10-15(14)29-20(23)25/h4-5,8-10H,6-7,11H2,1-3H3,(H,22,24). The van der Waals surface area contributed by atoms with E-state index >= 15 is 0 Å². The molecule has 0 saturated heterocycles. The smallest absolute Gasteiger partial charge is 0.419 e. The van der Waals surface area contributed by atoms with Crippen LogP contribution in [0.15, 0.2) is 39.5 Å². The largest absolute Gasteiger partial charge is 0.493 e. The van der Waals surface area contributed by atoms with Crippen LogP contribution in [0.25, 0.3) is 11.1 Å². The Hall–Kier alpha value is -3.13. The van der Waals surface area contributed by atoms with Gasteiger partial charge in [-0.3, -0.25) is 9.36 Å². The van der Waals surface area contributed by atoms with Crippen molar-refractivity contribution in [3.63, 3.8) is 0 Å². The van der Waals surface area contributed by atoms with Crippen molar-refractivity contribution in [1.82, 2.24) is 9.88 Å². The monoisotopic (exact) mass is 420 g/mol. The average molecular weight is 421 g/mol. The third-order valence-electron chi connectivity index (χ3n) is 4.41. The third-order valence-corrected chi connectivity index (χ3v) is 4.64. The van der Waals surface area contributed by atoms with Gasteiger partial charge in [0.2, 0.25) is 11.7 Å². The first-order valence-electron chi connectivity index (χ1n) is 8.81. The summed E-state index contributed by atoms with van der Waals surface area (Å²) in [5.41, 5.74) is 1.77. The Morgan fingerprint density at radius 1 is 1.10 bits per heavy atom. The van der Waals surface area contributed by atoms with E-state index in [1.165, 1.54) is 25.9 Å². The van der Waals surface area contributed by atoms with Crippen LogP contribution in [0, 0.1) is 0 Å². The summed E-state index contributed by atoms with van der Waals surface area (Å²) in [6.07, 6.45) is 0.113. The van der Waals surface area contributed by atoms with Gasteiger partial charge in [-0.1, -0.05) is 11.6 Å². The van der Waals surface area contributed by atoms with Gasteiger partial charge in [0.15, 0.2) is 17.1 Å². The number of carbonyl (C=O) groups excluding carboxylic acids is 1. The summed E-state index contributed by atoms with van der Waals surface area (Å²) in [4.78, 5) is 24.3. The molecule has 2 aromatic carbocycles. The summed E-state index contributed by atoms with van der Waals surface area (Å²) in [6, 6.07) is 8.45. The Labute approximate surface area is 171 Å². The molecule has 1 amide bonds. The second-order valence-corrected chi connectivity index (χ2v) is 6.63. The van der Waals surface area contributed by atoms with Crippen LogP contribution in [-0.2, 0) is 17.9 Å². The van der Waals surface area contributed by atoms with Gasteiger partial charge in [0, 0.05) is 30.6 Å². The van der Waals surface area contributed by atoms with Gasteiger partial charge < -0.3 is 23.9 Å². The van der Waals surface area contributed by atoms with Gasteiger partial charge in [-0.15, -0.1) is 0 Å². The fourth-order valence-electron chi connectivity index (χ4n) is 2.99. The van der Waals surface area contributed by atoms with Crippen molar-refractivity contribution >= 4 is 28.6 Å². The number of fused-ring (bicyclic) bond motifs is 1. The second kappa shape index (κ2) is 8.91. The number of rotatable bonds is 8. The van der Waals surface area contributed by atoms with E-state index in [1.54, 1.807) is 30.3 Å². The SMILES string of the molecule is COc1cc(CNC(=O)CCn2c(=O)oc3cc(Cl)ccc32)cc(OC)c1OC. The number of hydrogen-bond donors (Lipinski definition) is 1. The summed E-state index contributed by atoms with van der Waals surface area (Å²) >= 11 is 5.91. The van der Waals surface area contributed by atoms with E-state index in [4.69, 9.17) is 30.2 Å². The average Bonchev–Trinajstić information content (AvgIpc) is 3.03. The minimum Gasteiger partial charge on any atom is -0.493 e. The molecule has 3 aromatic rings. The zero-order chi connectivity index (χ0) is 21.0. The van der Waals surface area contributed by atoms with Crippen molar-refractivity contribution in [3.05, 3.63) is 51.5 Å². The number of aryl methyl sites for hydroxylation is 1. The van der Waals surface area contributed by atoms with E-state index < -0.39 is 5.76 Å². The maximum Gasteiger partial charge on any atom is 0.419 e. The number of nitrogens with one attached hydrogen (secondary N) is 1. The normalized spacial score (nSPS) is 10.8. The maximum atomic E-state index is 12.3. The number of nitrogens with zero attached hydrogens (tertiary/aromatic N) is 1. The lowest BCUT2D eigenvalue weighted by Crippen LogP contribution is -2.25. The van der Waals surface area contributed by atoms with Crippen LogP contribution < -0.4 is 25.3 Å². The van der Waals surface area contributed by atoms with Crippen molar-refractivity contribution in [2.45, 2.75) is 19.5 Å². The van der Waals surface area contributed by atoms with Gasteiger partial charge in [-0.25, -0.2) is 4.79 Å². The molecule has 0 aliphatic carbocycles. The Kier molecular flexibility index (Phi) is 6.33. The van der Waals surface area contributed by atoms with Crippen LogP contribution in [0.4, 0.5) is 0 Å². The van der Waals surface area contributed by atoms with Crippen LogP contribution >= 0.6 is 11.6 Å². The summed E-state index contributed by atoms with van der Waals surface area (Å²) in [5.74, 6) is 0.752. The number of methoxy groups -OCH3 is 3.